The van der Waals surface area contributed by atoms with Crippen LogP contribution in [-0.4, -0.2) is 18.0 Å². The highest BCUT2D eigenvalue weighted by Crippen LogP contribution is 2.49. The Morgan fingerprint density at radius 3 is 2.41 bits per heavy atom. The minimum Gasteiger partial charge on any atom is -0.352 e. The molecule has 2 fully saturated rings. The van der Waals surface area contributed by atoms with Crippen molar-refractivity contribution in [2.45, 2.75) is 58.5 Å². The molecule has 0 aliphatic heterocycles. The van der Waals surface area contributed by atoms with E-state index in [1.807, 2.05) is 13.8 Å². The molecule has 0 aromatic heterocycles. The Labute approximate surface area is 105 Å². The molecule has 2 rings (SSSR count). The van der Waals surface area contributed by atoms with Gasteiger partial charge in [-0.1, -0.05) is 20.3 Å². The second-order valence-electron chi connectivity index (χ2n) is 6.41. The van der Waals surface area contributed by atoms with Crippen molar-refractivity contribution >= 4 is 5.91 Å². The zero-order chi connectivity index (χ0) is 12.6. The van der Waals surface area contributed by atoms with Crippen molar-refractivity contribution in [2.75, 3.05) is 0 Å². The summed E-state index contributed by atoms with van der Waals surface area (Å²) in [6, 6.07) is -0.0707. The summed E-state index contributed by atoms with van der Waals surface area (Å²) >= 11 is 0. The first-order valence-electron chi connectivity index (χ1n) is 7.05. The molecule has 0 spiro atoms. The van der Waals surface area contributed by atoms with Crippen molar-refractivity contribution in [1.29, 1.82) is 0 Å². The Kier molecular flexibility index (Phi) is 3.76. The largest absolute Gasteiger partial charge is 0.352 e. The van der Waals surface area contributed by atoms with Gasteiger partial charge in [-0.2, -0.15) is 0 Å². The van der Waals surface area contributed by atoms with Crippen LogP contribution in [-0.2, 0) is 4.79 Å². The summed E-state index contributed by atoms with van der Waals surface area (Å²) in [4.78, 5) is 11.9. The zero-order valence-electron chi connectivity index (χ0n) is 11.3. The molecule has 3 nitrogen and oxygen atoms in total. The number of hydrogen-bond donors (Lipinski definition) is 2. The van der Waals surface area contributed by atoms with Gasteiger partial charge in [-0.15, -0.1) is 0 Å². The van der Waals surface area contributed by atoms with Gasteiger partial charge in [0.1, 0.15) is 0 Å². The summed E-state index contributed by atoms with van der Waals surface area (Å²) in [5, 5.41) is 3.12. The molecule has 2 bridgehead atoms. The van der Waals surface area contributed by atoms with Gasteiger partial charge in [0.05, 0.1) is 6.04 Å². The predicted octanol–water partition coefficient (Wildman–Crippen LogP) is 1.91. The number of hydrogen-bond acceptors (Lipinski definition) is 2. The number of fused-ring (bicyclic) bond motifs is 2. The number of carbonyl (C=O) groups is 1. The maximum atomic E-state index is 11.9. The van der Waals surface area contributed by atoms with Gasteiger partial charge in [0, 0.05) is 6.04 Å². The molecular formula is C14H26N2O. The van der Waals surface area contributed by atoms with Crippen LogP contribution in [0.4, 0.5) is 0 Å². The molecule has 0 radical (unpaired) electrons. The fourth-order valence-corrected chi connectivity index (χ4v) is 3.64. The lowest BCUT2D eigenvalue weighted by atomic mass is 9.84. The average molecular weight is 238 g/mol. The minimum absolute atomic E-state index is 0.0234. The maximum Gasteiger partial charge on any atom is 0.237 e. The fourth-order valence-electron chi connectivity index (χ4n) is 3.64. The van der Waals surface area contributed by atoms with Gasteiger partial charge in [0.25, 0.3) is 0 Å². The van der Waals surface area contributed by atoms with Gasteiger partial charge in [-0.3, -0.25) is 4.79 Å². The number of amides is 1. The first-order valence-corrected chi connectivity index (χ1v) is 7.05. The Hall–Kier alpha value is -0.570. The molecule has 1 amide bonds. The molecule has 98 valence electrons. The number of nitrogens with one attached hydrogen (secondary N) is 1. The Morgan fingerprint density at radius 2 is 1.94 bits per heavy atom. The van der Waals surface area contributed by atoms with E-state index in [1.54, 1.807) is 0 Å². The van der Waals surface area contributed by atoms with E-state index in [1.165, 1.54) is 25.7 Å². The first kappa shape index (κ1) is 12.9. The van der Waals surface area contributed by atoms with E-state index in [4.69, 9.17) is 5.73 Å². The standard InChI is InChI=1S/C14H26N2O/c1-8(2)13(15)14(17)16-9(3)12-7-10-4-5-11(12)6-10/h8-13H,4-7,15H2,1-3H3,(H,16,17). The normalized spacial score (nSPS) is 35.0. The summed E-state index contributed by atoms with van der Waals surface area (Å²) in [7, 11) is 0. The topological polar surface area (TPSA) is 55.1 Å². The van der Waals surface area contributed by atoms with Crippen molar-refractivity contribution in [2.24, 2.45) is 29.4 Å². The molecule has 2 aliphatic rings. The van der Waals surface area contributed by atoms with Crippen LogP contribution in [0.1, 0.15) is 46.5 Å². The lowest BCUT2D eigenvalue weighted by Gasteiger charge is -2.29. The molecule has 2 aliphatic carbocycles. The SMILES string of the molecule is CC(C)C(N)C(=O)NC(C)C1CC2CCC1C2. The second kappa shape index (κ2) is 4.97. The third-order valence-electron chi connectivity index (χ3n) is 4.83. The van der Waals surface area contributed by atoms with E-state index >= 15 is 0 Å². The van der Waals surface area contributed by atoms with Crippen molar-refractivity contribution in [1.82, 2.24) is 5.32 Å². The maximum absolute atomic E-state index is 11.9. The van der Waals surface area contributed by atoms with E-state index in [-0.39, 0.29) is 17.9 Å². The van der Waals surface area contributed by atoms with Crippen molar-refractivity contribution in [3.8, 4) is 0 Å². The molecule has 0 aromatic rings. The molecule has 0 aromatic carbocycles. The minimum atomic E-state index is -0.365. The smallest absolute Gasteiger partial charge is 0.237 e. The molecular weight excluding hydrogens is 212 g/mol. The average Bonchev–Trinajstić information content (AvgIpc) is 2.89. The van der Waals surface area contributed by atoms with E-state index in [0.29, 0.717) is 12.0 Å². The molecule has 0 heterocycles. The number of nitrogens with two attached hydrogens (primary N) is 1. The molecule has 3 heteroatoms. The summed E-state index contributed by atoms with van der Waals surface area (Å²) in [5.74, 6) is 2.71. The number of carbonyl (C=O) groups excluding carboxylic acids is 1. The lowest BCUT2D eigenvalue weighted by molar-refractivity contribution is -0.124. The van der Waals surface area contributed by atoms with Crippen molar-refractivity contribution < 1.29 is 4.79 Å². The Bertz CT molecular complexity index is 290. The molecule has 5 atom stereocenters. The third kappa shape index (κ3) is 2.65. The van der Waals surface area contributed by atoms with Crippen LogP contribution in [0.2, 0.25) is 0 Å². The third-order valence-corrected chi connectivity index (χ3v) is 4.83. The molecule has 17 heavy (non-hydrogen) atoms. The van der Waals surface area contributed by atoms with E-state index in [9.17, 15) is 4.79 Å². The molecule has 2 saturated carbocycles. The Morgan fingerprint density at radius 1 is 1.24 bits per heavy atom. The highest BCUT2D eigenvalue weighted by atomic mass is 16.2. The summed E-state index contributed by atoms with van der Waals surface area (Å²) in [5.41, 5.74) is 5.87. The summed E-state index contributed by atoms with van der Waals surface area (Å²) in [6.45, 7) is 6.13. The van der Waals surface area contributed by atoms with Gasteiger partial charge in [0.2, 0.25) is 5.91 Å². The summed E-state index contributed by atoms with van der Waals surface area (Å²) in [6.07, 6.45) is 5.48. The monoisotopic (exact) mass is 238 g/mol. The van der Waals surface area contributed by atoms with Crippen LogP contribution < -0.4 is 11.1 Å². The molecule has 5 unspecified atom stereocenters. The van der Waals surface area contributed by atoms with E-state index in [2.05, 4.69) is 12.2 Å². The Balaban J connectivity index is 1.85. The van der Waals surface area contributed by atoms with E-state index in [0.717, 1.165) is 11.8 Å². The van der Waals surface area contributed by atoms with Crippen molar-refractivity contribution in [3.63, 3.8) is 0 Å². The lowest BCUT2D eigenvalue weighted by Crippen LogP contribution is -2.49. The highest BCUT2D eigenvalue weighted by Gasteiger charge is 2.42. The fraction of sp³-hybridized carbons (Fsp3) is 0.929. The highest BCUT2D eigenvalue weighted by molar-refractivity contribution is 5.82. The van der Waals surface area contributed by atoms with Crippen LogP contribution in [0.25, 0.3) is 0 Å². The number of rotatable bonds is 4. The van der Waals surface area contributed by atoms with Crippen LogP contribution >= 0.6 is 0 Å². The van der Waals surface area contributed by atoms with Crippen LogP contribution in [0, 0.1) is 23.7 Å². The quantitative estimate of drug-likeness (QED) is 0.786. The van der Waals surface area contributed by atoms with Crippen LogP contribution in [0.15, 0.2) is 0 Å². The second-order valence-corrected chi connectivity index (χ2v) is 6.41. The summed E-state index contributed by atoms with van der Waals surface area (Å²) < 4.78 is 0. The van der Waals surface area contributed by atoms with Crippen LogP contribution in [0.5, 0.6) is 0 Å². The van der Waals surface area contributed by atoms with E-state index < -0.39 is 0 Å². The van der Waals surface area contributed by atoms with Gasteiger partial charge in [-0.25, -0.2) is 0 Å². The van der Waals surface area contributed by atoms with Gasteiger partial charge >= 0.3 is 0 Å². The first-order chi connectivity index (χ1) is 7.99. The molecule has 3 N–H and O–H groups in total. The van der Waals surface area contributed by atoms with Gasteiger partial charge in [0.15, 0.2) is 0 Å². The van der Waals surface area contributed by atoms with Gasteiger partial charge in [-0.05, 0) is 49.9 Å². The molecule has 0 saturated heterocycles. The van der Waals surface area contributed by atoms with Crippen molar-refractivity contribution in [3.05, 3.63) is 0 Å². The predicted molar refractivity (Wildman–Crippen MR) is 69.4 cm³/mol. The van der Waals surface area contributed by atoms with Gasteiger partial charge < -0.3 is 11.1 Å². The zero-order valence-corrected chi connectivity index (χ0v) is 11.3. The van der Waals surface area contributed by atoms with Crippen LogP contribution in [0.3, 0.4) is 0 Å².